The summed E-state index contributed by atoms with van der Waals surface area (Å²) in [5.41, 5.74) is 6.40. The molecule has 1 aliphatic rings. The van der Waals surface area contributed by atoms with Gasteiger partial charge in [0, 0.05) is 58.4 Å². The molecule has 1 amide bonds. The number of H-pyrrole nitrogens is 2. The van der Waals surface area contributed by atoms with Gasteiger partial charge in [0.05, 0.1) is 6.04 Å². The third-order valence-corrected chi connectivity index (χ3v) is 5.53. The molecule has 0 spiro atoms. The number of carbonyl (C=O) groups is 1. The minimum Gasteiger partial charge on any atom is -0.361 e. The van der Waals surface area contributed by atoms with Crippen molar-refractivity contribution < 1.29 is 4.79 Å². The molecule has 5 heteroatoms. The van der Waals surface area contributed by atoms with Crippen LogP contribution >= 0.6 is 0 Å². The molecule has 4 aromatic rings. The van der Waals surface area contributed by atoms with Crippen LogP contribution in [-0.2, 0) is 6.54 Å². The first-order valence-electron chi connectivity index (χ1n) is 9.17. The van der Waals surface area contributed by atoms with E-state index in [0.29, 0.717) is 0 Å². The summed E-state index contributed by atoms with van der Waals surface area (Å²) >= 11 is 0. The Kier molecular flexibility index (Phi) is 3.42. The van der Waals surface area contributed by atoms with Crippen molar-refractivity contribution in [3.8, 4) is 0 Å². The number of aromatic nitrogens is 2. The van der Waals surface area contributed by atoms with Crippen molar-refractivity contribution in [1.82, 2.24) is 19.8 Å². The van der Waals surface area contributed by atoms with E-state index in [2.05, 4.69) is 53.2 Å². The molecule has 0 saturated heterocycles. The molecule has 0 saturated carbocycles. The Morgan fingerprint density at radius 1 is 1.11 bits per heavy atom. The van der Waals surface area contributed by atoms with Crippen molar-refractivity contribution in [2.45, 2.75) is 12.6 Å². The van der Waals surface area contributed by atoms with Crippen LogP contribution < -0.4 is 0 Å². The van der Waals surface area contributed by atoms with E-state index in [-0.39, 0.29) is 11.9 Å². The van der Waals surface area contributed by atoms with Gasteiger partial charge in [0.1, 0.15) is 0 Å². The minimum absolute atomic E-state index is 0.0826. The molecule has 0 fully saturated rings. The van der Waals surface area contributed by atoms with Gasteiger partial charge in [0.25, 0.3) is 5.91 Å². The largest absolute Gasteiger partial charge is 0.361 e. The average Bonchev–Trinajstić information content (AvgIpc) is 3.29. The second kappa shape index (κ2) is 5.72. The number of rotatable bonds is 3. The highest BCUT2D eigenvalue weighted by Gasteiger charge is 2.38. The maximum Gasteiger partial charge on any atom is 0.254 e. The van der Waals surface area contributed by atoms with Gasteiger partial charge in [0.15, 0.2) is 0 Å². The van der Waals surface area contributed by atoms with E-state index in [4.69, 9.17) is 0 Å². The highest BCUT2D eigenvalue weighted by molar-refractivity contribution is 6.04. The average molecular weight is 358 g/mol. The Bertz CT molecular complexity index is 1180. The Hall–Kier alpha value is -3.05. The van der Waals surface area contributed by atoms with E-state index in [1.165, 1.54) is 10.9 Å². The summed E-state index contributed by atoms with van der Waals surface area (Å²) < 4.78 is 0. The lowest BCUT2D eigenvalue weighted by Gasteiger charge is -2.23. The van der Waals surface area contributed by atoms with E-state index in [9.17, 15) is 4.79 Å². The predicted octanol–water partition coefficient (Wildman–Crippen LogP) is 3.89. The van der Waals surface area contributed by atoms with E-state index in [1.54, 1.807) is 0 Å². The number of hydrogen-bond acceptors (Lipinski definition) is 2. The van der Waals surface area contributed by atoms with Crippen LogP contribution in [-0.4, -0.2) is 46.8 Å². The number of hydrogen-bond donors (Lipinski definition) is 2. The van der Waals surface area contributed by atoms with E-state index >= 15 is 0 Å². The predicted molar refractivity (Wildman–Crippen MR) is 108 cm³/mol. The molecule has 5 nitrogen and oxygen atoms in total. The van der Waals surface area contributed by atoms with Crippen LogP contribution in [0.25, 0.3) is 21.8 Å². The van der Waals surface area contributed by atoms with Gasteiger partial charge in [-0.2, -0.15) is 0 Å². The van der Waals surface area contributed by atoms with Gasteiger partial charge in [-0.25, -0.2) is 0 Å². The minimum atomic E-state index is -0.0914. The van der Waals surface area contributed by atoms with E-state index in [1.807, 2.05) is 36.3 Å². The normalized spacial score (nSPS) is 16.8. The zero-order valence-corrected chi connectivity index (χ0v) is 15.7. The van der Waals surface area contributed by atoms with E-state index in [0.717, 1.165) is 39.8 Å². The van der Waals surface area contributed by atoms with Crippen molar-refractivity contribution in [1.29, 1.82) is 0 Å². The SMILES string of the molecule is CN(C)Cc1[nH]c2ccccc2c1C1c2cc3[nH]ccc3cc2C(=O)N1C. The molecular weight excluding hydrogens is 336 g/mol. The number of nitrogens with zero attached hydrogens (tertiary/aromatic N) is 2. The molecule has 0 bridgehead atoms. The Morgan fingerprint density at radius 3 is 2.74 bits per heavy atom. The number of fused-ring (bicyclic) bond motifs is 3. The summed E-state index contributed by atoms with van der Waals surface area (Å²) in [5, 5.41) is 2.25. The highest BCUT2D eigenvalue weighted by atomic mass is 16.2. The number of aromatic amines is 2. The molecule has 2 aromatic heterocycles. The first-order valence-corrected chi connectivity index (χ1v) is 9.17. The van der Waals surface area contributed by atoms with Gasteiger partial charge in [-0.15, -0.1) is 0 Å². The maximum absolute atomic E-state index is 13.0. The topological polar surface area (TPSA) is 55.1 Å². The third kappa shape index (κ3) is 2.32. The summed E-state index contributed by atoms with van der Waals surface area (Å²) in [6.45, 7) is 0.794. The fraction of sp³-hybridized carbons (Fsp3) is 0.227. The molecule has 1 aliphatic heterocycles. The van der Waals surface area contributed by atoms with E-state index < -0.39 is 0 Å². The summed E-state index contributed by atoms with van der Waals surface area (Å²) in [7, 11) is 6.03. The lowest BCUT2D eigenvalue weighted by Crippen LogP contribution is -2.25. The lowest BCUT2D eigenvalue weighted by atomic mass is 9.94. The molecule has 2 N–H and O–H groups in total. The lowest BCUT2D eigenvalue weighted by molar-refractivity contribution is 0.0794. The number of benzene rings is 2. The van der Waals surface area contributed by atoms with Gasteiger partial charge < -0.3 is 19.8 Å². The van der Waals surface area contributed by atoms with Crippen LogP contribution in [0.4, 0.5) is 0 Å². The van der Waals surface area contributed by atoms with Crippen molar-refractivity contribution >= 4 is 27.7 Å². The monoisotopic (exact) mass is 358 g/mol. The molecule has 1 unspecified atom stereocenters. The molecule has 5 rings (SSSR count). The van der Waals surface area contributed by atoms with Gasteiger partial charge in [-0.3, -0.25) is 4.79 Å². The Labute approximate surface area is 157 Å². The van der Waals surface area contributed by atoms with Crippen molar-refractivity contribution in [2.24, 2.45) is 0 Å². The molecule has 3 heterocycles. The van der Waals surface area contributed by atoms with Crippen LogP contribution in [0.5, 0.6) is 0 Å². The van der Waals surface area contributed by atoms with Crippen LogP contribution in [0.15, 0.2) is 48.7 Å². The smallest absolute Gasteiger partial charge is 0.254 e. The van der Waals surface area contributed by atoms with Gasteiger partial charge in [-0.05, 0) is 43.9 Å². The molecule has 136 valence electrons. The summed E-state index contributed by atoms with van der Waals surface area (Å²) in [6.07, 6.45) is 1.92. The van der Waals surface area contributed by atoms with Crippen LogP contribution in [0.1, 0.15) is 33.2 Å². The second-order valence-electron chi connectivity index (χ2n) is 7.62. The van der Waals surface area contributed by atoms with Crippen molar-refractivity contribution in [3.63, 3.8) is 0 Å². The molecule has 2 aromatic carbocycles. The fourth-order valence-electron chi connectivity index (χ4n) is 4.37. The zero-order valence-electron chi connectivity index (χ0n) is 15.7. The molecule has 1 atom stereocenters. The highest BCUT2D eigenvalue weighted by Crippen LogP contribution is 2.43. The number of amides is 1. The summed E-state index contributed by atoms with van der Waals surface area (Å²) in [6, 6.07) is 14.4. The third-order valence-electron chi connectivity index (χ3n) is 5.53. The zero-order chi connectivity index (χ0) is 18.7. The molecule has 27 heavy (non-hydrogen) atoms. The first-order chi connectivity index (χ1) is 13.0. The Morgan fingerprint density at radius 2 is 1.93 bits per heavy atom. The summed E-state index contributed by atoms with van der Waals surface area (Å²) in [5.74, 6) is 0.0826. The van der Waals surface area contributed by atoms with Crippen LogP contribution in [0.2, 0.25) is 0 Å². The maximum atomic E-state index is 13.0. The number of nitrogens with one attached hydrogen (secondary N) is 2. The summed E-state index contributed by atoms with van der Waals surface area (Å²) in [4.78, 5) is 23.9. The van der Waals surface area contributed by atoms with Gasteiger partial charge in [0.2, 0.25) is 0 Å². The van der Waals surface area contributed by atoms with Crippen LogP contribution in [0, 0.1) is 0 Å². The fourth-order valence-corrected chi connectivity index (χ4v) is 4.37. The first kappa shape index (κ1) is 16.1. The number of para-hydroxylation sites is 1. The number of carbonyl (C=O) groups excluding carboxylic acids is 1. The Balaban J connectivity index is 1.79. The molecule has 0 radical (unpaired) electrons. The molecular formula is C22H22N4O. The van der Waals surface area contributed by atoms with Crippen LogP contribution in [0.3, 0.4) is 0 Å². The van der Waals surface area contributed by atoms with Crippen molar-refractivity contribution in [3.05, 3.63) is 71.0 Å². The van der Waals surface area contributed by atoms with Gasteiger partial charge in [-0.1, -0.05) is 18.2 Å². The van der Waals surface area contributed by atoms with Gasteiger partial charge >= 0.3 is 0 Å². The van der Waals surface area contributed by atoms with Crippen molar-refractivity contribution in [2.75, 3.05) is 21.1 Å². The standard InChI is InChI=1S/C22H22N4O/c1-25(2)12-19-20(14-6-4-5-7-17(14)24-19)21-15-11-18-13(8-9-23-18)10-16(15)22(27)26(21)3/h4-11,21,23-24H,12H2,1-3H3. The second-order valence-corrected chi connectivity index (χ2v) is 7.62. The quantitative estimate of drug-likeness (QED) is 0.584. The molecule has 0 aliphatic carbocycles.